The molecule has 1 rings (SSSR count). The molecule has 0 radical (unpaired) electrons. The molecule has 0 saturated heterocycles. The van der Waals surface area contributed by atoms with E-state index in [1.165, 1.54) is 0 Å². The van der Waals surface area contributed by atoms with Gasteiger partial charge in [-0.1, -0.05) is 12.1 Å². The van der Waals surface area contributed by atoms with E-state index < -0.39 is 26.8 Å². The third-order valence-corrected chi connectivity index (χ3v) is 2.81. The van der Waals surface area contributed by atoms with Crippen molar-refractivity contribution in [2.75, 3.05) is 0 Å². The van der Waals surface area contributed by atoms with Crippen LogP contribution in [-0.4, -0.2) is 13.0 Å². The van der Waals surface area contributed by atoms with Crippen molar-refractivity contribution < 1.29 is 26.1 Å². The van der Waals surface area contributed by atoms with Crippen molar-refractivity contribution in [1.82, 2.24) is 0 Å². The topological polar surface area (TPSA) is 57.2 Å². The van der Waals surface area contributed by atoms with Gasteiger partial charge >= 0.3 is 6.18 Å². The molecule has 0 amide bonds. The van der Waals surface area contributed by atoms with Crippen molar-refractivity contribution in [3.63, 3.8) is 0 Å². The van der Waals surface area contributed by atoms with E-state index in [9.17, 15) is 26.1 Å². The van der Waals surface area contributed by atoms with Crippen LogP contribution < -0.4 is 0 Å². The molecule has 0 fully saturated rings. The lowest BCUT2D eigenvalue weighted by molar-refractivity contribution is -0.140. The Morgan fingerprint density at radius 1 is 1.27 bits per heavy atom. The maximum atomic E-state index is 12.4. The molecule has 0 aliphatic heterocycles. The number of rotatable bonds is 1. The highest BCUT2D eigenvalue weighted by Crippen LogP contribution is 2.35. The van der Waals surface area contributed by atoms with Gasteiger partial charge in [0.15, 0.2) is 0 Å². The summed E-state index contributed by atoms with van der Waals surface area (Å²) in [4.78, 5) is -1.20. The zero-order chi connectivity index (χ0) is 11.9. The normalized spacial score (nSPS) is 12.9. The zero-order valence-electron chi connectivity index (χ0n) is 7.50. The quantitative estimate of drug-likeness (QED) is 0.703. The Hall–Kier alpha value is -1.08. The first-order chi connectivity index (χ1) is 6.64. The van der Waals surface area contributed by atoms with Gasteiger partial charge in [0.05, 0.1) is 10.5 Å². The fraction of sp³-hybridized carbons (Fsp3) is 0.250. The first kappa shape index (κ1) is 12.0. The number of halogens is 3. The summed E-state index contributed by atoms with van der Waals surface area (Å²) in [6.07, 6.45) is -4.85. The number of alkyl halides is 3. The largest absolute Gasteiger partial charge is 0.744 e. The molecular formula is C8H6F3O3S-. The average molecular weight is 239 g/mol. The van der Waals surface area contributed by atoms with Gasteiger partial charge < -0.3 is 4.55 Å². The van der Waals surface area contributed by atoms with E-state index in [4.69, 9.17) is 0 Å². The standard InChI is InChI=1S/C8H7F3O3S/c1-5-3-2-4-6(8(9,10)11)7(5)15(12,13)14/h2-4H,1H3,(H,12,13,14)/p-1. The third kappa shape index (κ3) is 2.48. The minimum Gasteiger partial charge on any atom is -0.744 e. The maximum Gasteiger partial charge on any atom is 0.417 e. The number of benzene rings is 1. The second kappa shape index (κ2) is 3.49. The van der Waals surface area contributed by atoms with E-state index in [0.29, 0.717) is 6.07 Å². The van der Waals surface area contributed by atoms with Crippen LogP contribution in [0.2, 0.25) is 0 Å². The van der Waals surface area contributed by atoms with E-state index in [1.54, 1.807) is 0 Å². The van der Waals surface area contributed by atoms with Crippen LogP contribution in [0, 0.1) is 6.92 Å². The van der Waals surface area contributed by atoms with Gasteiger partial charge in [0.1, 0.15) is 10.1 Å². The van der Waals surface area contributed by atoms with Crippen LogP contribution in [0.3, 0.4) is 0 Å². The van der Waals surface area contributed by atoms with Crippen LogP contribution in [0.25, 0.3) is 0 Å². The molecule has 84 valence electrons. The Labute approximate surface area is 84.3 Å². The minimum absolute atomic E-state index is 0.208. The fourth-order valence-corrected chi connectivity index (χ4v) is 2.12. The highest BCUT2D eigenvalue weighted by atomic mass is 32.2. The van der Waals surface area contributed by atoms with E-state index in [0.717, 1.165) is 19.1 Å². The summed E-state index contributed by atoms with van der Waals surface area (Å²) in [6, 6.07) is 2.75. The van der Waals surface area contributed by atoms with E-state index >= 15 is 0 Å². The number of hydrogen-bond acceptors (Lipinski definition) is 3. The molecule has 0 N–H and O–H groups in total. The van der Waals surface area contributed by atoms with Gasteiger partial charge in [0.25, 0.3) is 0 Å². The third-order valence-electron chi connectivity index (χ3n) is 1.77. The van der Waals surface area contributed by atoms with Gasteiger partial charge in [-0.15, -0.1) is 0 Å². The molecule has 3 nitrogen and oxygen atoms in total. The lowest BCUT2D eigenvalue weighted by atomic mass is 10.1. The van der Waals surface area contributed by atoms with Crippen LogP contribution in [-0.2, 0) is 16.3 Å². The molecule has 0 spiro atoms. The summed E-state index contributed by atoms with van der Waals surface area (Å²) in [6.45, 7) is 1.14. The first-order valence-electron chi connectivity index (χ1n) is 3.77. The predicted molar refractivity (Wildman–Crippen MR) is 44.1 cm³/mol. The fourth-order valence-electron chi connectivity index (χ4n) is 1.21. The molecule has 0 aliphatic carbocycles. The summed E-state index contributed by atoms with van der Waals surface area (Å²) in [5, 5.41) is 0. The van der Waals surface area contributed by atoms with Gasteiger partial charge in [-0.05, 0) is 18.6 Å². The monoisotopic (exact) mass is 239 g/mol. The first-order valence-corrected chi connectivity index (χ1v) is 5.17. The van der Waals surface area contributed by atoms with Crippen LogP contribution in [0.5, 0.6) is 0 Å². The molecule has 0 aliphatic rings. The molecule has 1 aromatic carbocycles. The van der Waals surface area contributed by atoms with Crippen LogP contribution in [0.4, 0.5) is 13.2 Å². The van der Waals surface area contributed by atoms with Crippen LogP contribution >= 0.6 is 0 Å². The highest BCUT2D eigenvalue weighted by molar-refractivity contribution is 7.85. The van der Waals surface area contributed by atoms with Gasteiger partial charge in [-0.3, -0.25) is 0 Å². The SMILES string of the molecule is Cc1cccc(C(F)(F)F)c1S(=O)(=O)[O-]. The van der Waals surface area contributed by atoms with Crippen molar-refractivity contribution in [3.05, 3.63) is 29.3 Å². The van der Waals surface area contributed by atoms with Crippen LogP contribution in [0.15, 0.2) is 23.1 Å². The summed E-state index contributed by atoms with van der Waals surface area (Å²) in [5.41, 5.74) is -1.63. The van der Waals surface area contributed by atoms with Crippen molar-refractivity contribution in [3.8, 4) is 0 Å². The maximum absolute atomic E-state index is 12.4. The predicted octanol–water partition coefficient (Wildman–Crippen LogP) is 1.92. The molecule has 7 heteroatoms. The van der Waals surface area contributed by atoms with E-state index in [-0.39, 0.29) is 5.56 Å². The lowest BCUT2D eigenvalue weighted by Crippen LogP contribution is -2.14. The molecule has 1 aromatic rings. The van der Waals surface area contributed by atoms with Crippen molar-refractivity contribution in [2.45, 2.75) is 18.0 Å². The van der Waals surface area contributed by atoms with Crippen molar-refractivity contribution in [1.29, 1.82) is 0 Å². The van der Waals surface area contributed by atoms with E-state index in [2.05, 4.69) is 0 Å². The summed E-state index contributed by atoms with van der Waals surface area (Å²) in [7, 11) is -5.12. The van der Waals surface area contributed by atoms with Crippen molar-refractivity contribution in [2.24, 2.45) is 0 Å². The second-order valence-corrected chi connectivity index (χ2v) is 4.22. The van der Waals surface area contributed by atoms with Gasteiger partial charge in [0.2, 0.25) is 0 Å². The van der Waals surface area contributed by atoms with Gasteiger partial charge in [0, 0.05) is 0 Å². The minimum atomic E-state index is -5.12. The summed E-state index contributed by atoms with van der Waals surface area (Å²) >= 11 is 0. The molecule has 0 bridgehead atoms. The number of hydrogen-bond donors (Lipinski definition) is 0. The zero-order valence-corrected chi connectivity index (χ0v) is 8.32. The average Bonchev–Trinajstić information content (AvgIpc) is 1.99. The molecule has 0 atom stereocenters. The van der Waals surface area contributed by atoms with Crippen molar-refractivity contribution >= 4 is 10.1 Å². The molecule has 0 saturated carbocycles. The number of aryl methyl sites for hydroxylation is 1. The summed E-state index contributed by atoms with van der Waals surface area (Å²) in [5.74, 6) is 0. The van der Waals surface area contributed by atoms with E-state index in [1.807, 2.05) is 0 Å². The molecule has 0 heterocycles. The molecular weight excluding hydrogens is 233 g/mol. The lowest BCUT2D eigenvalue weighted by Gasteiger charge is -2.17. The Bertz CT molecular complexity index is 476. The Morgan fingerprint density at radius 3 is 2.13 bits per heavy atom. The molecule has 0 aromatic heterocycles. The highest BCUT2D eigenvalue weighted by Gasteiger charge is 2.35. The second-order valence-electron chi connectivity index (χ2n) is 2.90. The molecule has 0 unspecified atom stereocenters. The smallest absolute Gasteiger partial charge is 0.417 e. The Kier molecular flexibility index (Phi) is 2.79. The summed E-state index contributed by atoms with van der Waals surface area (Å²) < 4.78 is 69.1. The Balaban J connectivity index is 3.63. The Morgan fingerprint density at radius 2 is 1.80 bits per heavy atom. The van der Waals surface area contributed by atoms with Crippen LogP contribution in [0.1, 0.15) is 11.1 Å². The molecule has 15 heavy (non-hydrogen) atoms. The van der Waals surface area contributed by atoms with Gasteiger partial charge in [-0.25, -0.2) is 8.42 Å². The van der Waals surface area contributed by atoms with Gasteiger partial charge in [-0.2, -0.15) is 13.2 Å².